The van der Waals surface area contributed by atoms with Crippen LogP contribution in [0.1, 0.15) is 21.5 Å². The Labute approximate surface area is 132 Å². The fourth-order valence-corrected chi connectivity index (χ4v) is 2.70. The van der Waals surface area contributed by atoms with Crippen LogP contribution in [0.2, 0.25) is 0 Å². The molecule has 0 atom stereocenters. The summed E-state index contributed by atoms with van der Waals surface area (Å²) in [7, 11) is 0. The van der Waals surface area contributed by atoms with E-state index in [1.54, 1.807) is 11.8 Å². The second-order valence-electron chi connectivity index (χ2n) is 4.90. The SMILES string of the molecule is Cc1ccc(CSCCNC(=O)c2cccc(F)c2F)cc1. The second kappa shape index (κ2) is 7.94. The van der Waals surface area contributed by atoms with Gasteiger partial charge in [-0.15, -0.1) is 0 Å². The van der Waals surface area contributed by atoms with Crippen LogP contribution >= 0.6 is 11.8 Å². The molecule has 0 saturated heterocycles. The van der Waals surface area contributed by atoms with Crippen LogP contribution < -0.4 is 5.32 Å². The average molecular weight is 321 g/mol. The molecule has 22 heavy (non-hydrogen) atoms. The van der Waals surface area contributed by atoms with Crippen LogP contribution in [-0.4, -0.2) is 18.2 Å². The molecule has 0 radical (unpaired) electrons. The van der Waals surface area contributed by atoms with Crippen molar-refractivity contribution in [2.75, 3.05) is 12.3 Å². The van der Waals surface area contributed by atoms with Crippen molar-refractivity contribution in [3.8, 4) is 0 Å². The van der Waals surface area contributed by atoms with Crippen LogP contribution in [0.15, 0.2) is 42.5 Å². The molecule has 2 nitrogen and oxygen atoms in total. The molecule has 116 valence electrons. The molecule has 0 heterocycles. The Kier molecular flexibility index (Phi) is 5.95. The minimum atomic E-state index is -1.10. The molecule has 0 saturated carbocycles. The molecule has 0 aromatic heterocycles. The summed E-state index contributed by atoms with van der Waals surface area (Å²) >= 11 is 1.67. The lowest BCUT2D eigenvalue weighted by Crippen LogP contribution is -2.26. The van der Waals surface area contributed by atoms with E-state index in [4.69, 9.17) is 0 Å². The minimum Gasteiger partial charge on any atom is -0.351 e. The maximum Gasteiger partial charge on any atom is 0.254 e. The van der Waals surface area contributed by atoms with Crippen molar-refractivity contribution in [2.45, 2.75) is 12.7 Å². The summed E-state index contributed by atoms with van der Waals surface area (Å²) in [6, 6.07) is 11.8. The molecule has 1 N–H and O–H groups in total. The first-order chi connectivity index (χ1) is 10.6. The summed E-state index contributed by atoms with van der Waals surface area (Å²) in [6.45, 7) is 2.45. The van der Waals surface area contributed by atoms with Crippen LogP contribution in [-0.2, 0) is 5.75 Å². The van der Waals surface area contributed by atoms with Gasteiger partial charge in [-0.25, -0.2) is 8.78 Å². The normalized spacial score (nSPS) is 10.5. The molecule has 2 rings (SSSR count). The van der Waals surface area contributed by atoms with E-state index in [1.165, 1.54) is 23.3 Å². The maximum atomic E-state index is 13.4. The number of halogens is 2. The summed E-state index contributed by atoms with van der Waals surface area (Å²) < 4.78 is 26.5. The van der Waals surface area contributed by atoms with Crippen LogP contribution in [0.25, 0.3) is 0 Å². The van der Waals surface area contributed by atoms with Crippen molar-refractivity contribution in [2.24, 2.45) is 0 Å². The fourth-order valence-electron chi connectivity index (χ4n) is 1.89. The average Bonchev–Trinajstić information content (AvgIpc) is 2.51. The molecule has 0 aliphatic carbocycles. The van der Waals surface area contributed by atoms with Crippen molar-refractivity contribution in [1.29, 1.82) is 0 Å². The van der Waals surface area contributed by atoms with E-state index in [0.29, 0.717) is 12.3 Å². The molecule has 1 amide bonds. The number of aryl methyl sites for hydroxylation is 1. The first kappa shape index (κ1) is 16.5. The van der Waals surface area contributed by atoms with Crippen molar-refractivity contribution in [3.63, 3.8) is 0 Å². The monoisotopic (exact) mass is 321 g/mol. The zero-order chi connectivity index (χ0) is 15.9. The van der Waals surface area contributed by atoms with Gasteiger partial charge in [0.2, 0.25) is 0 Å². The van der Waals surface area contributed by atoms with E-state index >= 15 is 0 Å². The third-order valence-electron chi connectivity index (χ3n) is 3.12. The van der Waals surface area contributed by atoms with Crippen molar-refractivity contribution < 1.29 is 13.6 Å². The van der Waals surface area contributed by atoms with Gasteiger partial charge in [-0.1, -0.05) is 35.9 Å². The van der Waals surface area contributed by atoms with Gasteiger partial charge in [0.15, 0.2) is 11.6 Å². The van der Waals surface area contributed by atoms with Gasteiger partial charge in [0.05, 0.1) is 5.56 Å². The zero-order valence-electron chi connectivity index (χ0n) is 12.2. The number of hydrogen-bond acceptors (Lipinski definition) is 2. The molecule has 0 aliphatic heterocycles. The Morgan fingerprint density at radius 1 is 1.14 bits per heavy atom. The fraction of sp³-hybridized carbons (Fsp3) is 0.235. The van der Waals surface area contributed by atoms with Gasteiger partial charge in [0.1, 0.15) is 0 Å². The van der Waals surface area contributed by atoms with Gasteiger partial charge in [-0.2, -0.15) is 11.8 Å². The molecule has 2 aromatic carbocycles. The first-order valence-corrected chi connectivity index (χ1v) is 8.09. The zero-order valence-corrected chi connectivity index (χ0v) is 13.1. The Morgan fingerprint density at radius 3 is 2.59 bits per heavy atom. The lowest BCUT2D eigenvalue weighted by molar-refractivity contribution is 0.0951. The third kappa shape index (κ3) is 4.56. The van der Waals surface area contributed by atoms with Crippen molar-refractivity contribution >= 4 is 17.7 Å². The molecule has 0 fully saturated rings. The predicted molar refractivity (Wildman–Crippen MR) is 86.0 cm³/mol. The molecule has 0 spiro atoms. The predicted octanol–water partition coefficient (Wildman–Crippen LogP) is 3.94. The highest BCUT2D eigenvalue weighted by Crippen LogP contribution is 2.13. The quantitative estimate of drug-likeness (QED) is 0.817. The number of benzene rings is 2. The molecule has 0 unspecified atom stereocenters. The topological polar surface area (TPSA) is 29.1 Å². The largest absolute Gasteiger partial charge is 0.351 e. The van der Waals surface area contributed by atoms with E-state index in [2.05, 4.69) is 29.6 Å². The number of carbonyl (C=O) groups excluding carboxylic acids is 1. The smallest absolute Gasteiger partial charge is 0.254 e. The highest BCUT2D eigenvalue weighted by Gasteiger charge is 2.14. The Hall–Kier alpha value is -1.88. The van der Waals surface area contributed by atoms with Crippen LogP contribution in [0.3, 0.4) is 0 Å². The Morgan fingerprint density at radius 2 is 1.86 bits per heavy atom. The van der Waals surface area contributed by atoms with Gasteiger partial charge in [0.25, 0.3) is 5.91 Å². The highest BCUT2D eigenvalue weighted by atomic mass is 32.2. The summed E-state index contributed by atoms with van der Waals surface area (Å²) in [6.07, 6.45) is 0. The standard InChI is InChI=1S/C17H17F2NOS/c1-12-5-7-13(8-6-12)11-22-10-9-20-17(21)14-3-2-4-15(18)16(14)19/h2-8H,9-11H2,1H3,(H,20,21). The maximum absolute atomic E-state index is 13.4. The Bertz CT molecular complexity index is 644. The lowest BCUT2D eigenvalue weighted by Gasteiger charge is -2.07. The van der Waals surface area contributed by atoms with Crippen LogP contribution in [0, 0.1) is 18.6 Å². The van der Waals surface area contributed by atoms with E-state index in [9.17, 15) is 13.6 Å². The van der Waals surface area contributed by atoms with Crippen LogP contribution in [0.4, 0.5) is 8.78 Å². The number of rotatable bonds is 6. The van der Waals surface area contributed by atoms with Crippen molar-refractivity contribution in [3.05, 3.63) is 70.8 Å². The van der Waals surface area contributed by atoms with Gasteiger partial charge in [-0.3, -0.25) is 4.79 Å². The molecular formula is C17H17F2NOS. The van der Waals surface area contributed by atoms with E-state index in [-0.39, 0.29) is 5.56 Å². The lowest BCUT2D eigenvalue weighted by atomic mass is 10.2. The molecular weight excluding hydrogens is 304 g/mol. The van der Waals surface area contributed by atoms with Gasteiger partial charge in [-0.05, 0) is 24.6 Å². The highest BCUT2D eigenvalue weighted by molar-refractivity contribution is 7.98. The van der Waals surface area contributed by atoms with Crippen LogP contribution in [0.5, 0.6) is 0 Å². The number of thioether (sulfide) groups is 1. The van der Waals surface area contributed by atoms with Gasteiger partial charge >= 0.3 is 0 Å². The molecule has 0 bridgehead atoms. The third-order valence-corrected chi connectivity index (χ3v) is 4.15. The summed E-state index contributed by atoms with van der Waals surface area (Å²) in [4.78, 5) is 11.8. The Balaban J connectivity index is 1.73. The number of hydrogen-bond donors (Lipinski definition) is 1. The van der Waals surface area contributed by atoms with Gasteiger partial charge in [0, 0.05) is 18.1 Å². The molecule has 5 heteroatoms. The van der Waals surface area contributed by atoms with Crippen molar-refractivity contribution in [1.82, 2.24) is 5.32 Å². The number of carbonyl (C=O) groups is 1. The summed E-state index contributed by atoms with van der Waals surface area (Å²) in [5.74, 6) is -1.15. The number of amides is 1. The van der Waals surface area contributed by atoms with Gasteiger partial charge < -0.3 is 5.32 Å². The summed E-state index contributed by atoms with van der Waals surface area (Å²) in [5, 5.41) is 2.60. The molecule has 2 aromatic rings. The number of nitrogens with one attached hydrogen (secondary N) is 1. The first-order valence-electron chi connectivity index (χ1n) is 6.93. The second-order valence-corrected chi connectivity index (χ2v) is 6.00. The van der Waals surface area contributed by atoms with E-state index in [0.717, 1.165) is 11.8 Å². The van der Waals surface area contributed by atoms with E-state index in [1.807, 2.05) is 6.92 Å². The minimum absolute atomic E-state index is 0.261. The van der Waals surface area contributed by atoms with E-state index < -0.39 is 17.5 Å². The summed E-state index contributed by atoms with van der Waals surface area (Å²) in [5.41, 5.74) is 2.18. The molecule has 0 aliphatic rings.